The van der Waals surface area contributed by atoms with Gasteiger partial charge in [-0.05, 0) is 25.0 Å². The maximum Gasteiger partial charge on any atom is 0.336 e. The Morgan fingerprint density at radius 3 is 1.96 bits per heavy atom. The second-order valence-electron chi connectivity index (χ2n) is 6.97. The van der Waals surface area contributed by atoms with Crippen molar-refractivity contribution in [3.8, 4) is 5.75 Å². The first-order valence-electron chi connectivity index (χ1n) is 9.13. The van der Waals surface area contributed by atoms with Gasteiger partial charge in [0.1, 0.15) is 40.6 Å². The zero-order chi connectivity index (χ0) is 21.5. The molecule has 1 aromatic rings. The lowest BCUT2D eigenvalue weighted by Gasteiger charge is -2.22. The first-order valence-corrected chi connectivity index (χ1v) is 10.7. The third-order valence-electron chi connectivity index (χ3n) is 3.94. The molecule has 0 aliphatic carbocycles. The molecule has 7 nitrogen and oxygen atoms in total. The summed E-state index contributed by atoms with van der Waals surface area (Å²) in [5.74, 6) is -1.92. The van der Waals surface area contributed by atoms with Gasteiger partial charge in [0.2, 0.25) is 0 Å². The molecule has 0 aromatic heterocycles. The molecule has 150 valence electrons. The second kappa shape index (κ2) is 9.98. The van der Waals surface area contributed by atoms with E-state index in [-0.39, 0.29) is 0 Å². The van der Waals surface area contributed by atoms with Gasteiger partial charge in [0, 0.05) is 12.2 Å². The summed E-state index contributed by atoms with van der Waals surface area (Å²) in [5.41, 5.74) is 1.54. The largest absolute Gasteiger partial charge is 0.455 e. The van der Waals surface area contributed by atoms with Gasteiger partial charge in [-0.1, -0.05) is 36.7 Å². The summed E-state index contributed by atoms with van der Waals surface area (Å²) in [4.78, 5) is 24.0. The molecular weight excluding hydrogens is 381 g/mol. The molecule has 0 saturated carbocycles. The Morgan fingerprint density at radius 1 is 1.04 bits per heavy atom. The van der Waals surface area contributed by atoms with Crippen LogP contribution in [0.5, 0.6) is 5.75 Å². The summed E-state index contributed by atoms with van der Waals surface area (Å²) in [7, 11) is 1.68. The van der Waals surface area contributed by atoms with Crippen LogP contribution in [0.2, 0.25) is 0 Å². The van der Waals surface area contributed by atoms with Crippen molar-refractivity contribution in [2.45, 2.75) is 38.4 Å². The molecule has 0 amide bonds. The van der Waals surface area contributed by atoms with E-state index in [1.807, 2.05) is 27.8 Å². The highest BCUT2D eigenvalue weighted by Gasteiger charge is 2.28. The topological polar surface area (TPSA) is 107 Å². The molecular formula is C17H25B3O7S. The molecule has 28 heavy (non-hydrogen) atoms. The highest BCUT2D eigenvalue weighted by molar-refractivity contribution is 7.85. The summed E-state index contributed by atoms with van der Waals surface area (Å²) >= 11 is 0. The maximum atomic E-state index is 12.1. The lowest BCUT2D eigenvalue weighted by Crippen LogP contribution is -2.35. The molecule has 0 heterocycles. The van der Waals surface area contributed by atoms with Crippen molar-refractivity contribution < 1.29 is 32.0 Å². The minimum atomic E-state index is -4.31. The molecule has 0 fully saturated rings. The summed E-state index contributed by atoms with van der Waals surface area (Å²) in [6.07, 6.45) is 4.06. The van der Waals surface area contributed by atoms with Gasteiger partial charge in [-0.15, -0.1) is 0 Å². The molecule has 11 heteroatoms. The minimum absolute atomic E-state index is 0.497. The first kappa shape index (κ1) is 24.0. The summed E-state index contributed by atoms with van der Waals surface area (Å²) in [6.45, 7) is 2.67. The van der Waals surface area contributed by atoms with E-state index in [1.165, 1.54) is 13.8 Å². The van der Waals surface area contributed by atoms with Crippen molar-refractivity contribution in [2.75, 3.05) is 5.75 Å². The normalized spacial score (nSPS) is 12.1. The Bertz CT molecular complexity index is 838. The monoisotopic (exact) mass is 406 g/mol. The lowest BCUT2D eigenvalue weighted by atomic mass is 9.85. The number of rotatable bonds is 9. The van der Waals surface area contributed by atoms with Crippen LogP contribution in [-0.4, -0.2) is 59.8 Å². The fourth-order valence-electron chi connectivity index (χ4n) is 2.73. The number of benzene rings is 1. The Morgan fingerprint density at radius 2 is 1.54 bits per heavy atom. The summed E-state index contributed by atoms with van der Waals surface area (Å²) < 4.78 is 41.2. The van der Waals surface area contributed by atoms with Crippen LogP contribution in [0.25, 0.3) is 0 Å². The standard InChI is InChI=1S/C17H25B3O7S/c1-17(2,10-28(23,24)25)27-15(22)4-3-14(21)26-16-12(8-19)5-11(7-18)6-13(16)9-20/h3-6H,7-10,18-20H2,1-2H3,(H,23,24,25)/b4-3-. The zero-order valence-corrected chi connectivity index (χ0v) is 17.8. The van der Waals surface area contributed by atoms with E-state index in [4.69, 9.17) is 14.0 Å². The molecule has 0 saturated heterocycles. The van der Waals surface area contributed by atoms with Gasteiger partial charge >= 0.3 is 11.9 Å². The van der Waals surface area contributed by atoms with Crippen molar-refractivity contribution in [3.05, 3.63) is 41.0 Å². The molecule has 1 rings (SSSR count). The fourth-order valence-corrected chi connectivity index (χ4v) is 3.67. The van der Waals surface area contributed by atoms with E-state index >= 15 is 0 Å². The third kappa shape index (κ3) is 7.94. The van der Waals surface area contributed by atoms with Gasteiger partial charge in [0.15, 0.2) is 0 Å². The Balaban J connectivity index is 2.88. The highest BCUT2D eigenvalue weighted by Crippen LogP contribution is 2.27. The molecule has 1 N–H and O–H groups in total. The van der Waals surface area contributed by atoms with E-state index in [0.29, 0.717) is 18.4 Å². The van der Waals surface area contributed by atoms with Gasteiger partial charge in [0.05, 0.1) is 0 Å². The average molecular weight is 406 g/mol. The third-order valence-corrected chi connectivity index (χ3v) is 5.00. The van der Waals surface area contributed by atoms with Crippen LogP contribution in [-0.2, 0) is 43.4 Å². The van der Waals surface area contributed by atoms with Crippen molar-refractivity contribution in [1.29, 1.82) is 0 Å². The number of carbonyl (C=O) groups excluding carboxylic acids is 2. The van der Waals surface area contributed by atoms with Crippen molar-refractivity contribution in [2.24, 2.45) is 0 Å². The van der Waals surface area contributed by atoms with Crippen molar-refractivity contribution >= 4 is 45.6 Å². The van der Waals surface area contributed by atoms with Gasteiger partial charge < -0.3 is 9.47 Å². The van der Waals surface area contributed by atoms with E-state index in [1.54, 1.807) is 0 Å². The number of carbonyl (C=O) groups is 2. The molecule has 0 atom stereocenters. The van der Waals surface area contributed by atoms with E-state index in [2.05, 4.69) is 7.85 Å². The number of hydrogen-bond donors (Lipinski definition) is 1. The van der Waals surface area contributed by atoms with E-state index < -0.39 is 33.4 Å². The van der Waals surface area contributed by atoms with Crippen molar-refractivity contribution in [3.63, 3.8) is 0 Å². The molecule has 0 radical (unpaired) electrons. The molecule has 0 aliphatic rings. The van der Waals surface area contributed by atoms with Gasteiger partial charge in [-0.25, -0.2) is 9.59 Å². The van der Waals surface area contributed by atoms with E-state index in [9.17, 15) is 18.0 Å². The minimum Gasteiger partial charge on any atom is -0.455 e. The second-order valence-corrected chi connectivity index (χ2v) is 8.42. The molecule has 0 bridgehead atoms. The van der Waals surface area contributed by atoms with E-state index in [0.717, 1.165) is 35.2 Å². The Labute approximate surface area is 168 Å². The molecule has 0 aliphatic heterocycles. The van der Waals surface area contributed by atoms with Gasteiger partial charge in [-0.2, -0.15) is 8.42 Å². The molecule has 1 aromatic carbocycles. The highest BCUT2D eigenvalue weighted by atomic mass is 32.2. The lowest BCUT2D eigenvalue weighted by molar-refractivity contribution is -0.148. The Hall–Kier alpha value is -2.00. The fraction of sp³-hybridized carbons (Fsp3) is 0.412. The Kier molecular flexibility index (Phi) is 8.57. The van der Waals surface area contributed by atoms with Crippen LogP contribution in [0.4, 0.5) is 0 Å². The quantitative estimate of drug-likeness (QED) is 0.180. The number of ether oxygens (including phenoxy) is 2. The molecule has 0 spiro atoms. The van der Waals surface area contributed by atoms with Crippen LogP contribution < -0.4 is 4.74 Å². The van der Waals surface area contributed by atoms with Gasteiger partial charge in [0.25, 0.3) is 10.1 Å². The first-order chi connectivity index (χ1) is 12.9. The predicted molar refractivity (Wildman–Crippen MR) is 115 cm³/mol. The van der Waals surface area contributed by atoms with Crippen LogP contribution >= 0.6 is 0 Å². The van der Waals surface area contributed by atoms with Crippen LogP contribution in [0.3, 0.4) is 0 Å². The van der Waals surface area contributed by atoms with Gasteiger partial charge in [-0.3, -0.25) is 4.55 Å². The van der Waals surface area contributed by atoms with Crippen LogP contribution in [0.1, 0.15) is 30.5 Å². The van der Waals surface area contributed by atoms with Crippen LogP contribution in [0.15, 0.2) is 24.3 Å². The zero-order valence-electron chi connectivity index (χ0n) is 16.9. The smallest absolute Gasteiger partial charge is 0.336 e. The predicted octanol–water partition coefficient (Wildman–Crippen LogP) is -1.24. The average Bonchev–Trinajstić information content (AvgIpc) is 2.57. The molecule has 0 unspecified atom stereocenters. The SMILES string of the molecule is BCc1cc(CB)c(OC(=O)/C=C\C(=O)OC(C)(C)CS(=O)(=O)O)c(CB)c1. The van der Waals surface area contributed by atoms with Crippen molar-refractivity contribution in [1.82, 2.24) is 0 Å². The maximum absolute atomic E-state index is 12.1. The number of esters is 2. The summed E-state index contributed by atoms with van der Waals surface area (Å²) in [5, 5.41) is 0. The van der Waals surface area contributed by atoms with Crippen LogP contribution in [0, 0.1) is 0 Å². The number of hydrogen-bond acceptors (Lipinski definition) is 6. The summed E-state index contributed by atoms with van der Waals surface area (Å²) in [6, 6.07) is 4.00.